The van der Waals surface area contributed by atoms with E-state index in [1.54, 1.807) is 12.4 Å². The van der Waals surface area contributed by atoms with Gasteiger partial charge in [0.05, 0.1) is 5.56 Å². The normalized spacial score (nSPS) is 10.5. The highest BCUT2D eigenvalue weighted by Gasteiger charge is 2.15. The number of anilines is 2. The molecule has 0 aliphatic heterocycles. The molecule has 1 aromatic heterocycles. The average molecular weight is 326 g/mol. The predicted molar refractivity (Wildman–Crippen MR) is 97.7 cm³/mol. The third-order valence-electron chi connectivity index (χ3n) is 3.81. The van der Waals surface area contributed by atoms with E-state index in [1.165, 1.54) is 5.56 Å². The van der Waals surface area contributed by atoms with Crippen molar-refractivity contribution in [3.63, 3.8) is 0 Å². The molecule has 0 fully saturated rings. The molecule has 0 spiro atoms. The summed E-state index contributed by atoms with van der Waals surface area (Å²) in [5, 5.41) is 3.21. The molecule has 0 atom stereocenters. The van der Waals surface area contributed by atoms with Crippen LogP contribution in [0.15, 0.2) is 30.6 Å². The number of aromatic nitrogens is 2. The summed E-state index contributed by atoms with van der Waals surface area (Å²) in [6.45, 7) is 9.74. The molecule has 5 heteroatoms. The zero-order chi connectivity index (χ0) is 17.5. The van der Waals surface area contributed by atoms with Gasteiger partial charge in [-0.15, -0.1) is 0 Å². The Bertz CT molecular complexity index is 676. The minimum absolute atomic E-state index is 0.00279. The second-order valence-electron chi connectivity index (χ2n) is 6.03. The second kappa shape index (κ2) is 8.43. The first kappa shape index (κ1) is 17.9. The van der Waals surface area contributed by atoms with Crippen LogP contribution in [0.4, 0.5) is 11.6 Å². The lowest BCUT2D eigenvalue weighted by molar-refractivity contribution is 0.0754. The Labute approximate surface area is 144 Å². The molecule has 1 heterocycles. The Kier molecular flexibility index (Phi) is 6.29. The number of carbonyl (C=O) groups is 1. The van der Waals surface area contributed by atoms with E-state index in [-0.39, 0.29) is 5.91 Å². The molecular weight excluding hydrogens is 300 g/mol. The molecule has 0 aliphatic rings. The summed E-state index contributed by atoms with van der Waals surface area (Å²) >= 11 is 0. The van der Waals surface area contributed by atoms with Gasteiger partial charge in [0.25, 0.3) is 5.91 Å². The van der Waals surface area contributed by atoms with Gasteiger partial charge < -0.3 is 10.2 Å². The maximum Gasteiger partial charge on any atom is 0.256 e. The van der Waals surface area contributed by atoms with Crippen LogP contribution in [-0.4, -0.2) is 33.9 Å². The van der Waals surface area contributed by atoms with Crippen molar-refractivity contribution in [2.45, 2.75) is 40.5 Å². The lowest BCUT2D eigenvalue weighted by Gasteiger charge is -2.21. The number of nitrogens with one attached hydrogen (secondary N) is 1. The molecule has 0 saturated heterocycles. The number of hydrogen-bond acceptors (Lipinski definition) is 4. The molecule has 2 aromatic rings. The summed E-state index contributed by atoms with van der Waals surface area (Å²) in [6, 6.07) is 6.18. The number of nitrogens with zero attached hydrogens (tertiary/aromatic N) is 3. The molecule has 5 nitrogen and oxygen atoms in total. The Morgan fingerprint density at radius 2 is 1.71 bits per heavy atom. The Balaban J connectivity index is 2.12. The predicted octanol–water partition coefficient (Wildman–Crippen LogP) is 4.10. The Morgan fingerprint density at radius 1 is 1.08 bits per heavy atom. The summed E-state index contributed by atoms with van der Waals surface area (Å²) < 4.78 is 0. The number of hydrogen-bond donors (Lipinski definition) is 1. The van der Waals surface area contributed by atoms with E-state index in [0.717, 1.165) is 37.2 Å². The summed E-state index contributed by atoms with van der Waals surface area (Å²) in [5.74, 6) is 0.495. The van der Waals surface area contributed by atoms with Crippen LogP contribution in [0, 0.1) is 13.8 Å². The van der Waals surface area contributed by atoms with Crippen LogP contribution in [0.2, 0.25) is 0 Å². The number of aryl methyl sites for hydroxylation is 2. The second-order valence-corrected chi connectivity index (χ2v) is 6.03. The molecule has 0 radical (unpaired) electrons. The molecular formula is C19H26N4O. The van der Waals surface area contributed by atoms with Crippen molar-refractivity contribution in [2.75, 3.05) is 18.4 Å². The molecule has 1 amide bonds. The zero-order valence-corrected chi connectivity index (χ0v) is 15.0. The highest BCUT2D eigenvalue weighted by molar-refractivity contribution is 5.93. The lowest BCUT2D eigenvalue weighted by atomic mass is 10.1. The van der Waals surface area contributed by atoms with Crippen LogP contribution in [0.3, 0.4) is 0 Å². The molecule has 0 saturated carbocycles. The first-order valence-electron chi connectivity index (χ1n) is 8.50. The fourth-order valence-electron chi connectivity index (χ4n) is 2.53. The van der Waals surface area contributed by atoms with Crippen molar-refractivity contribution in [2.24, 2.45) is 0 Å². The molecule has 1 aromatic carbocycles. The van der Waals surface area contributed by atoms with E-state index in [2.05, 4.69) is 47.3 Å². The molecule has 0 unspecified atom stereocenters. The third-order valence-corrected chi connectivity index (χ3v) is 3.81. The third kappa shape index (κ3) is 4.54. The van der Waals surface area contributed by atoms with Crippen LogP contribution >= 0.6 is 0 Å². The highest BCUT2D eigenvalue weighted by atomic mass is 16.2. The van der Waals surface area contributed by atoms with E-state index >= 15 is 0 Å². The van der Waals surface area contributed by atoms with Crippen LogP contribution in [0.25, 0.3) is 0 Å². The smallest absolute Gasteiger partial charge is 0.256 e. The van der Waals surface area contributed by atoms with Gasteiger partial charge in [0.2, 0.25) is 5.95 Å². The van der Waals surface area contributed by atoms with Crippen LogP contribution in [0.5, 0.6) is 0 Å². The van der Waals surface area contributed by atoms with Crippen molar-refractivity contribution >= 4 is 17.5 Å². The van der Waals surface area contributed by atoms with Crippen LogP contribution in [0.1, 0.15) is 48.2 Å². The number of rotatable bonds is 7. The van der Waals surface area contributed by atoms with Crippen LogP contribution < -0.4 is 5.32 Å². The van der Waals surface area contributed by atoms with Gasteiger partial charge in [-0.1, -0.05) is 26.0 Å². The highest BCUT2D eigenvalue weighted by Crippen LogP contribution is 2.19. The summed E-state index contributed by atoms with van der Waals surface area (Å²) in [5.41, 5.74) is 3.81. The monoisotopic (exact) mass is 326 g/mol. The van der Waals surface area contributed by atoms with Crippen molar-refractivity contribution < 1.29 is 4.79 Å². The topological polar surface area (TPSA) is 58.1 Å². The van der Waals surface area contributed by atoms with Gasteiger partial charge in [0, 0.05) is 31.2 Å². The fourth-order valence-corrected chi connectivity index (χ4v) is 2.53. The van der Waals surface area contributed by atoms with Crippen molar-refractivity contribution in [3.8, 4) is 0 Å². The quantitative estimate of drug-likeness (QED) is 0.832. The maximum atomic E-state index is 12.5. The minimum atomic E-state index is -0.00279. The Morgan fingerprint density at radius 3 is 2.29 bits per heavy atom. The van der Waals surface area contributed by atoms with Gasteiger partial charge in [-0.25, -0.2) is 9.97 Å². The van der Waals surface area contributed by atoms with Crippen LogP contribution in [-0.2, 0) is 0 Å². The SMILES string of the molecule is CCCN(CCC)C(=O)c1cnc(Nc2cc(C)ccc2C)nc1. The van der Waals surface area contributed by atoms with Crippen molar-refractivity contribution in [1.29, 1.82) is 0 Å². The van der Waals surface area contributed by atoms with Gasteiger partial charge >= 0.3 is 0 Å². The molecule has 24 heavy (non-hydrogen) atoms. The summed E-state index contributed by atoms with van der Waals surface area (Å²) in [4.78, 5) is 23.0. The van der Waals surface area contributed by atoms with Gasteiger partial charge in [-0.3, -0.25) is 4.79 Å². The lowest BCUT2D eigenvalue weighted by Crippen LogP contribution is -2.32. The molecule has 0 aliphatic carbocycles. The minimum Gasteiger partial charge on any atom is -0.339 e. The molecule has 0 bridgehead atoms. The van der Waals surface area contributed by atoms with E-state index < -0.39 is 0 Å². The number of amides is 1. The number of benzene rings is 1. The average Bonchev–Trinajstić information content (AvgIpc) is 2.58. The Hall–Kier alpha value is -2.43. The first-order chi connectivity index (χ1) is 11.5. The summed E-state index contributed by atoms with van der Waals surface area (Å²) in [7, 11) is 0. The largest absolute Gasteiger partial charge is 0.339 e. The van der Waals surface area contributed by atoms with Crippen molar-refractivity contribution in [1.82, 2.24) is 14.9 Å². The van der Waals surface area contributed by atoms with E-state index in [0.29, 0.717) is 11.5 Å². The molecule has 128 valence electrons. The summed E-state index contributed by atoms with van der Waals surface area (Å²) in [6.07, 6.45) is 5.08. The standard InChI is InChI=1S/C19H26N4O/c1-5-9-23(10-6-2)18(24)16-12-20-19(21-13-16)22-17-11-14(3)7-8-15(17)4/h7-8,11-13H,5-6,9-10H2,1-4H3,(H,20,21,22). The maximum absolute atomic E-state index is 12.5. The zero-order valence-electron chi connectivity index (χ0n) is 15.0. The first-order valence-corrected chi connectivity index (χ1v) is 8.50. The van der Waals surface area contributed by atoms with E-state index in [9.17, 15) is 4.79 Å². The number of carbonyl (C=O) groups excluding carboxylic acids is 1. The fraction of sp³-hybridized carbons (Fsp3) is 0.421. The van der Waals surface area contributed by atoms with Gasteiger partial charge in [-0.05, 0) is 43.9 Å². The van der Waals surface area contributed by atoms with E-state index in [4.69, 9.17) is 0 Å². The van der Waals surface area contributed by atoms with Gasteiger partial charge in [0.15, 0.2) is 0 Å². The van der Waals surface area contributed by atoms with Gasteiger partial charge in [0.1, 0.15) is 0 Å². The van der Waals surface area contributed by atoms with Crippen molar-refractivity contribution in [3.05, 3.63) is 47.3 Å². The van der Waals surface area contributed by atoms with E-state index in [1.807, 2.05) is 18.7 Å². The molecule has 1 N–H and O–H groups in total. The molecule has 2 rings (SSSR count). The van der Waals surface area contributed by atoms with Gasteiger partial charge in [-0.2, -0.15) is 0 Å².